The smallest absolute Gasteiger partial charge is 0.189 e. The lowest BCUT2D eigenvalue weighted by molar-refractivity contribution is 0.104. The maximum absolute atomic E-state index is 12.2. The van der Waals surface area contributed by atoms with Crippen molar-refractivity contribution >= 4 is 27.8 Å². The predicted octanol–water partition coefficient (Wildman–Crippen LogP) is 4.37. The van der Waals surface area contributed by atoms with Crippen molar-refractivity contribution in [2.24, 2.45) is 0 Å². The number of aromatic hydroxyl groups is 1. The molecule has 0 saturated carbocycles. The molecule has 2 aromatic rings. The van der Waals surface area contributed by atoms with Crippen LogP contribution in [-0.4, -0.2) is 18.0 Å². The van der Waals surface area contributed by atoms with Gasteiger partial charge in [0.05, 0.1) is 17.1 Å². The number of ketones is 1. The molecule has 1 N–H and O–H groups in total. The van der Waals surface area contributed by atoms with Crippen LogP contribution in [0.2, 0.25) is 0 Å². The van der Waals surface area contributed by atoms with Crippen LogP contribution in [0.1, 0.15) is 21.5 Å². The van der Waals surface area contributed by atoms with E-state index >= 15 is 0 Å². The van der Waals surface area contributed by atoms with Gasteiger partial charge >= 0.3 is 0 Å². The molecule has 0 aromatic heterocycles. The Kier molecular flexibility index (Phi) is 4.81. The predicted molar refractivity (Wildman–Crippen MR) is 86.9 cm³/mol. The number of ether oxygens (including phenoxy) is 1. The molecule has 108 valence electrons. The second kappa shape index (κ2) is 6.59. The van der Waals surface area contributed by atoms with Crippen LogP contribution in [0, 0.1) is 6.92 Å². The number of phenolic OH excluding ortho intramolecular Hbond substituents is 1. The molecule has 21 heavy (non-hydrogen) atoms. The fraction of sp³-hybridized carbons (Fsp3) is 0.118. The number of halogens is 1. The van der Waals surface area contributed by atoms with E-state index < -0.39 is 0 Å². The summed E-state index contributed by atoms with van der Waals surface area (Å²) in [6, 6.07) is 10.8. The lowest BCUT2D eigenvalue weighted by Gasteiger charge is -2.05. The minimum absolute atomic E-state index is 0.0371. The van der Waals surface area contributed by atoms with E-state index in [2.05, 4.69) is 15.9 Å². The summed E-state index contributed by atoms with van der Waals surface area (Å²) in [5.41, 5.74) is 2.07. The first kappa shape index (κ1) is 15.3. The third kappa shape index (κ3) is 3.73. The number of benzene rings is 2. The van der Waals surface area contributed by atoms with Crippen molar-refractivity contribution in [1.29, 1.82) is 0 Å². The summed E-state index contributed by atoms with van der Waals surface area (Å²) in [7, 11) is 1.60. The minimum Gasteiger partial charge on any atom is -0.506 e. The number of carbonyl (C=O) groups is 1. The van der Waals surface area contributed by atoms with Crippen LogP contribution < -0.4 is 4.74 Å². The number of allylic oxidation sites excluding steroid dienone is 1. The van der Waals surface area contributed by atoms with Crippen LogP contribution in [0.25, 0.3) is 6.08 Å². The first-order valence-corrected chi connectivity index (χ1v) is 7.16. The SMILES string of the molecule is COc1ccc(/C=C/C(=O)c2cc(C)cc(Br)c2O)cc1. The molecule has 4 heteroatoms. The molecule has 0 saturated heterocycles. The highest BCUT2D eigenvalue weighted by Gasteiger charge is 2.12. The molecule has 0 unspecified atom stereocenters. The van der Waals surface area contributed by atoms with Gasteiger partial charge in [-0.2, -0.15) is 0 Å². The number of hydrogen-bond donors (Lipinski definition) is 1. The average Bonchev–Trinajstić information content (AvgIpc) is 2.49. The molecule has 0 aliphatic carbocycles. The van der Waals surface area contributed by atoms with Crippen LogP contribution in [0.4, 0.5) is 0 Å². The van der Waals surface area contributed by atoms with Crippen molar-refractivity contribution in [3.8, 4) is 11.5 Å². The molecular weight excluding hydrogens is 332 g/mol. The first-order chi connectivity index (χ1) is 10.0. The Balaban J connectivity index is 2.22. The first-order valence-electron chi connectivity index (χ1n) is 6.37. The van der Waals surface area contributed by atoms with E-state index in [1.54, 1.807) is 25.3 Å². The highest BCUT2D eigenvalue weighted by Crippen LogP contribution is 2.30. The standard InChI is InChI=1S/C17H15BrO3/c1-11-9-14(17(20)15(18)10-11)16(19)8-5-12-3-6-13(21-2)7-4-12/h3-10,20H,1-2H3/b8-5+. The summed E-state index contributed by atoms with van der Waals surface area (Å²) in [4.78, 5) is 12.2. The van der Waals surface area contributed by atoms with Gasteiger partial charge in [0.2, 0.25) is 0 Å². The zero-order chi connectivity index (χ0) is 15.4. The Morgan fingerprint density at radius 2 is 1.90 bits per heavy atom. The van der Waals surface area contributed by atoms with Crippen molar-refractivity contribution in [2.75, 3.05) is 7.11 Å². The number of phenols is 1. The van der Waals surface area contributed by atoms with E-state index in [1.165, 1.54) is 6.08 Å². The fourth-order valence-corrected chi connectivity index (χ4v) is 2.47. The molecule has 2 aromatic carbocycles. The molecule has 2 rings (SSSR count). The Morgan fingerprint density at radius 3 is 2.52 bits per heavy atom. The maximum Gasteiger partial charge on any atom is 0.189 e. The Morgan fingerprint density at radius 1 is 1.24 bits per heavy atom. The van der Waals surface area contributed by atoms with Gasteiger partial charge in [-0.25, -0.2) is 0 Å². The third-order valence-electron chi connectivity index (χ3n) is 3.02. The average molecular weight is 347 g/mol. The summed E-state index contributed by atoms with van der Waals surface area (Å²) in [6.45, 7) is 1.87. The van der Waals surface area contributed by atoms with Crippen LogP contribution in [0.3, 0.4) is 0 Å². The van der Waals surface area contributed by atoms with Gasteiger partial charge < -0.3 is 9.84 Å². The Bertz CT molecular complexity index is 688. The van der Waals surface area contributed by atoms with E-state index in [4.69, 9.17) is 4.74 Å². The van der Waals surface area contributed by atoms with Gasteiger partial charge in [-0.15, -0.1) is 0 Å². The Labute approximate surface area is 132 Å². The zero-order valence-corrected chi connectivity index (χ0v) is 13.3. The number of rotatable bonds is 4. The van der Waals surface area contributed by atoms with Crippen LogP contribution >= 0.6 is 15.9 Å². The number of methoxy groups -OCH3 is 1. The summed E-state index contributed by atoms with van der Waals surface area (Å²) in [6.07, 6.45) is 3.15. The van der Waals surface area contributed by atoms with Gasteiger partial charge in [0, 0.05) is 0 Å². The summed E-state index contributed by atoms with van der Waals surface area (Å²) < 4.78 is 5.59. The van der Waals surface area contributed by atoms with Gasteiger partial charge in [-0.3, -0.25) is 4.79 Å². The molecule has 0 aliphatic heterocycles. The molecule has 0 radical (unpaired) electrons. The van der Waals surface area contributed by atoms with Crippen molar-refractivity contribution < 1.29 is 14.6 Å². The van der Waals surface area contributed by atoms with Gasteiger partial charge in [0.25, 0.3) is 0 Å². The molecule has 0 atom stereocenters. The number of aryl methyl sites for hydroxylation is 1. The largest absolute Gasteiger partial charge is 0.506 e. The van der Waals surface area contributed by atoms with E-state index in [0.29, 0.717) is 4.47 Å². The summed E-state index contributed by atoms with van der Waals surface area (Å²) in [5.74, 6) is 0.483. The molecule has 0 bridgehead atoms. The monoisotopic (exact) mass is 346 g/mol. The van der Waals surface area contributed by atoms with Crippen LogP contribution in [0.5, 0.6) is 11.5 Å². The van der Waals surface area contributed by atoms with Crippen LogP contribution in [0.15, 0.2) is 46.9 Å². The van der Waals surface area contributed by atoms with Crippen molar-refractivity contribution in [3.63, 3.8) is 0 Å². The lowest BCUT2D eigenvalue weighted by atomic mass is 10.1. The molecule has 0 aliphatic rings. The normalized spacial score (nSPS) is 10.8. The highest BCUT2D eigenvalue weighted by molar-refractivity contribution is 9.10. The van der Waals surface area contributed by atoms with E-state index in [9.17, 15) is 9.90 Å². The van der Waals surface area contributed by atoms with Crippen molar-refractivity contribution in [3.05, 3.63) is 63.6 Å². The van der Waals surface area contributed by atoms with Crippen LogP contribution in [-0.2, 0) is 0 Å². The summed E-state index contributed by atoms with van der Waals surface area (Å²) in [5, 5.41) is 9.94. The molecule has 0 amide bonds. The van der Waals surface area contributed by atoms with Gasteiger partial charge in [-0.05, 0) is 64.3 Å². The van der Waals surface area contributed by atoms with E-state index in [0.717, 1.165) is 16.9 Å². The van der Waals surface area contributed by atoms with E-state index in [-0.39, 0.29) is 17.1 Å². The molecule has 0 spiro atoms. The number of carbonyl (C=O) groups excluding carboxylic acids is 1. The molecule has 0 heterocycles. The molecular formula is C17H15BrO3. The minimum atomic E-state index is -0.243. The molecule has 0 fully saturated rings. The van der Waals surface area contributed by atoms with E-state index in [1.807, 2.05) is 31.2 Å². The maximum atomic E-state index is 12.2. The molecule has 3 nitrogen and oxygen atoms in total. The van der Waals surface area contributed by atoms with Crippen molar-refractivity contribution in [1.82, 2.24) is 0 Å². The second-order valence-electron chi connectivity index (χ2n) is 4.61. The highest BCUT2D eigenvalue weighted by atomic mass is 79.9. The summed E-state index contributed by atoms with van der Waals surface area (Å²) >= 11 is 3.24. The number of hydrogen-bond acceptors (Lipinski definition) is 3. The fourth-order valence-electron chi connectivity index (χ4n) is 1.90. The second-order valence-corrected chi connectivity index (χ2v) is 5.47. The quantitative estimate of drug-likeness (QED) is 0.660. The zero-order valence-electron chi connectivity index (χ0n) is 11.8. The van der Waals surface area contributed by atoms with Gasteiger partial charge in [0.15, 0.2) is 5.78 Å². The lowest BCUT2D eigenvalue weighted by Crippen LogP contribution is -1.96. The Hall–Kier alpha value is -2.07. The van der Waals surface area contributed by atoms with Gasteiger partial charge in [0.1, 0.15) is 11.5 Å². The van der Waals surface area contributed by atoms with Gasteiger partial charge in [-0.1, -0.05) is 18.2 Å². The topological polar surface area (TPSA) is 46.5 Å². The van der Waals surface area contributed by atoms with Crippen molar-refractivity contribution in [2.45, 2.75) is 6.92 Å². The third-order valence-corrected chi connectivity index (χ3v) is 3.62.